The molecule has 1 aromatic carbocycles. The van der Waals surface area contributed by atoms with Crippen LogP contribution in [0.2, 0.25) is 0 Å². The lowest BCUT2D eigenvalue weighted by molar-refractivity contribution is 0.571. The topological polar surface area (TPSA) is 17.8 Å². The van der Waals surface area contributed by atoms with Crippen LogP contribution in [0.4, 0.5) is 8.78 Å². The van der Waals surface area contributed by atoms with Crippen molar-refractivity contribution in [3.05, 3.63) is 47.8 Å². The van der Waals surface area contributed by atoms with E-state index in [9.17, 15) is 8.78 Å². The molecule has 1 heterocycles. The summed E-state index contributed by atoms with van der Waals surface area (Å²) in [6.45, 7) is 0. The van der Waals surface area contributed by atoms with Gasteiger partial charge in [-0.3, -0.25) is 0 Å². The fraction of sp³-hybridized carbons (Fsp3) is 0.357. The lowest BCUT2D eigenvalue weighted by Gasteiger charge is -2.05. The molecule has 0 amide bonds. The molecule has 94 valence electrons. The summed E-state index contributed by atoms with van der Waals surface area (Å²) in [4.78, 5) is 0. The summed E-state index contributed by atoms with van der Waals surface area (Å²) in [5.41, 5.74) is 1.30. The molecule has 2 nitrogen and oxygen atoms in total. The second kappa shape index (κ2) is 4.52. The van der Waals surface area contributed by atoms with Gasteiger partial charge in [-0.15, -0.1) is 0 Å². The van der Waals surface area contributed by atoms with Crippen molar-refractivity contribution in [1.29, 1.82) is 0 Å². The summed E-state index contributed by atoms with van der Waals surface area (Å²) >= 11 is 0. The average Bonchev–Trinajstić information content (AvgIpc) is 2.99. The van der Waals surface area contributed by atoms with Gasteiger partial charge in [-0.1, -0.05) is 12.8 Å². The highest BCUT2D eigenvalue weighted by Gasteiger charge is 2.19. The highest BCUT2D eigenvalue weighted by Crippen LogP contribution is 2.33. The average molecular weight is 248 g/mol. The second-order valence-electron chi connectivity index (χ2n) is 4.76. The molecular formula is C14H14F2N2. The fourth-order valence-electron chi connectivity index (χ4n) is 2.58. The van der Waals surface area contributed by atoms with Crippen molar-refractivity contribution in [2.75, 3.05) is 0 Å². The molecule has 1 saturated carbocycles. The smallest absolute Gasteiger partial charge is 0.151 e. The van der Waals surface area contributed by atoms with Crippen LogP contribution in [0.25, 0.3) is 5.69 Å². The molecule has 1 aromatic heterocycles. The van der Waals surface area contributed by atoms with Gasteiger partial charge in [0, 0.05) is 18.2 Å². The molecule has 0 atom stereocenters. The minimum atomic E-state index is -0.587. The standard InChI is InChI=1S/C14H14F2N2/c15-11-5-6-14(12(16)9-11)18-8-7-13(17-18)10-3-1-2-4-10/h5-10H,1-4H2. The van der Waals surface area contributed by atoms with Crippen LogP contribution in [0.3, 0.4) is 0 Å². The van der Waals surface area contributed by atoms with Crippen molar-refractivity contribution in [1.82, 2.24) is 9.78 Å². The van der Waals surface area contributed by atoms with Crippen LogP contribution in [0, 0.1) is 11.6 Å². The molecule has 0 aliphatic heterocycles. The van der Waals surface area contributed by atoms with Crippen LogP contribution in [0.1, 0.15) is 37.3 Å². The number of hydrogen-bond acceptors (Lipinski definition) is 1. The second-order valence-corrected chi connectivity index (χ2v) is 4.76. The Kier molecular flexibility index (Phi) is 2.86. The quantitative estimate of drug-likeness (QED) is 0.790. The van der Waals surface area contributed by atoms with Gasteiger partial charge in [-0.25, -0.2) is 13.5 Å². The number of aromatic nitrogens is 2. The van der Waals surface area contributed by atoms with E-state index in [0.717, 1.165) is 24.6 Å². The van der Waals surface area contributed by atoms with Crippen LogP contribution < -0.4 is 0 Å². The van der Waals surface area contributed by atoms with Crippen molar-refractivity contribution >= 4 is 0 Å². The van der Waals surface area contributed by atoms with Gasteiger partial charge in [-0.05, 0) is 31.0 Å². The summed E-state index contributed by atoms with van der Waals surface area (Å²) in [6.07, 6.45) is 6.53. The van der Waals surface area contributed by atoms with Crippen LogP contribution in [0.5, 0.6) is 0 Å². The Morgan fingerprint density at radius 2 is 1.89 bits per heavy atom. The summed E-state index contributed by atoms with van der Waals surface area (Å²) in [6, 6.07) is 5.47. The Labute approximate surface area is 104 Å². The molecule has 18 heavy (non-hydrogen) atoms. The van der Waals surface area contributed by atoms with Crippen LogP contribution >= 0.6 is 0 Å². The summed E-state index contributed by atoms with van der Waals surface area (Å²) in [5, 5.41) is 4.41. The normalized spacial score (nSPS) is 16.3. The van der Waals surface area contributed by atoms with Crippen LogP contribution in [-0.4, -0.2) is 9.78 Å². The molecule has 0 unspecified atom stereocenters. The maximum absolute atomic E-state index is 13.6. The van der Waals surface area contributed by atoms with E-state index >= 15 is 0 Å². The summed E-state index contributed by atoms with van der Waals surface area (Å²) < 4.78 is 28.0. The largest absolute Gasteiger partial charge is 0.238 e. The van der Waals surface area contributed by atoms with Crippen LogP contribution in [0.15, 0.2) is 30.5 Å². The Balaban J connectivity index is 1.92. The maximum atomic E-state index is 13.6. The molecule has 2 aromatic rings. The summed E-state index contributed by atoms with van der Waals surface area (Å²) in [5.74, 6) is -0.662. The van der Waals surface area contributed by atoms with Gasteiger partial charge >= 0.3 is 0 Å². The zero-order valence-corrected chi connectivity index (χ0v) is 9.94. The molecule has 0 bridgehead atoms. The first kappa shape index (κ1) is 11.4. The third-order valence-corrected chi connectivity index (χ3v) is 3.54. The summed E-state index contributed by atoms with van der Waals surface area (Å²) in [7, 11) is 0. The Morgan fingerprint density at radius 3 is 2.61 bits per heavy atom. The lowest BCUT2D eigenvalue weighted by Crippen LogP contribution is -2.01. The molecule has 0 N–H and O–H groups in total. The Morgan fingerprint density at radius 1 is 1.11 bits per heavy atom. The van der Waals surface area contributed by atoms with Gasteiger partial charge in [0.15, 0.2) is 5.82 Å². The van der Waals surface area contributed by atoms with Gasteiger partial charge in [0.1, 0.15) is 11.5 Å². The minimum absolute atomic E-state index is 0.292. The number of rotatable bonds is 2. The van der Waals surface area contributed by atoms with Gasteiger partial charge < -0.3 is 0 Å². The zero-order chi connectivity index (χ0) is 12.5. The third-order valence-electron chi connectivity index (χ3n) is 3.54. The molecule has 1 aliphatic carbocycles. The van der Waals surface area contributed by atoms with Gasteiger partial charge in [0.2, 0.25) is 0 Å². The van der Waals surface area contributed by atoms with E-state index in [2.05, 4.69) is 5.10 Å². The van der Waals surface area contributed by atoms with E-state index in [4.69, 9.17) is 0 Å². The van der Waals surface area contributed by atoms with E-state index < -0.39 is 11.6 Å². The predicted molar refractivity (Wildman–Crippen MR) is 64.7 cm³/mol. The fourth-order valence-corrected chi connectivity index (χ4v) is 2.58. The van der Waals surface area contributed by atoms with E-state index in [-0.39, 0.29) is 0 Å². The number of hydrogen-bond donors (Lipinski definition) is 0. The third kappa shape index (κ3) is 2.03. The molecule has 0 radical (unpaired) electrons. The molecule has 1 aliphatic rings. The van der Waals surface area contributed by atoms with Crippen molar-refractivity contribution < 1.29 is 8.78 Å². The van der Waals surface area contributed by atoms with Gasteiger partial charge in [0.05, 0.1) is 5.69 Å². The number of halogens is 2. The van der Waals surface area contributed by atoms with E-state index in [1.165, 1.54) is 29.7 Å². The first-order chi connectivity index (χ1) is 8.74. The van der Waals surface area contributed by atoms with E-state index in [1.54, 1.807) is 6.20 Å². The van der Waals surface area contributed by atoms with Crippen LogP contribution in [-0.2, 0) is 0 Å². The zero-order valence-electron chi connectivity index (χ0n) is 9.94. The molecule has 0 saturated heterocycles. The highest BCUT2D eigenvalue weighted by molar-refractivity contribution is 5.33. The van der Waals surface area contributed by atoms with Gasteiger partial charge in [0.25, 0.3) is 0 Å². The lowest BCUT2D eigenvalue weighted by atomic mass is 10.1. The Hall–Kier alpha value is -1.71. The van der Waals surface area contributed by atoms with Crippen molar-refractivity contribution in [3.8, 4) is 5.69 Å². The SMILES string of the molecule is Fc1ccc(-n2ccc(C3CCCC3)n2)c(F)c1. The van der Waals surface area contributed by atoms with Crippen molar-refractivity contribution in [2.45, 2.75) is 31.6 Å². The van der Waals surface area contributed by atoms with E-state index in [1.807, 2.05) is 6.07 Å². The molecule has 1 fully saturated rings. The minimum Gasteiger partial charge on any atom is -0.238 e. The highest BCUT2D eigenvalue weighted by atomic mass is 19.1. The molecular weight excluding hydrogens is 234 g/mol. The number of nitrogens with zero attached hydrogens (tertiary/aromatic N) is 2. The number of benzene rings is 1. The maximum Gasteiger partial charge on any atom is 0.151 e. The van der Waals surface area contributed by atoms with Crippen molar-refractivity contribution in [3.63, 3.8) is 0 Å². The van der Waals surface area contributed by atoms with Gasteiger partial charge in [-0.2, -0.15) is 5.10 Å². The first-order valence-electron chi connectivity index (χ1n) is 6.25. The Bertz CT molecular complexity index is 557. The van der Waals surface area contributed by atoms with E-state index in [0.29, 0.717) is 11.6 Å². The first-order valence-corrected chi connectivity index (χ1v) is 6.25. The monoisotopic (exact) mass is 248 g/mol. The predicted octanol–water partition coefficient (Wildman–Crippen LogP) is 3.81. The molecule has 0 spiro atoms. The van der Waals surface area contributed by atoms with Crippen molar-refractivity contribution in [2.24, 2.45) is 0 Å². The molecule has 3 rings (SSSR count). The molecule has 4 heteroatoms.